The molecule has 0 saturated carbocycles. The first kappa shape index (κ1) is 32.0. The fourth-order valence-electron chi connectivity index (χ4n) is 8.70. The average Bonchev–Trinajstić information content (AvgIpc) is 3.59. The van der Waals surface area contributed by atoms with Crippen molar-refractivity contribution in [2.45, 2.75) is 0 Å². The number of nitrogens with zero attached hydrogens (tertiary/aromatic N) is 2. The van der Waals surface area contributed by atoms with Gasteiger partial charge in [-0.05, 0) is 121 Å². The molecule has 0 atom stereocenters. The molecule has 0 spiro atoms. The molecule has 0 unspecified atom stereocenters. The molecule has 0 bridgehead atoms. The molecule has 0 N–H and O–H groups in total. The van der Waals surface area contributed by atoms with Crippen LogP contribution in [-0.4, -0.2) is 4.57 Å². The Morgan fingerprint density at radius 3 is 1.70 bits per heavy atom. The molecule has 56 heavy (non-hydrogen) atoms. The molecule has 0 aliphatic rings. The normalized spacial score (nSPS) is 11.6. The third-order valence-corrected chi connectivity index (χ3v) is 11.3. The van der Waals surface area contributed by atoms with Crippen LogP contribution in [0.4, 0.5) is 17.1 Å². The van der Waals surface area contributed by atoms with Crippen molar-refractivity contribution in [3.63, 3.8) is 0 Å². The molecule has 2 nitrogen and oxygen atoms in total. The van der Waals surface area contributed by atoms with Crippen LogP contribution < -0.4 is 4.90 Å². The van der Waals surface area contributed by atoms with Gasteiger partial charge in [0.25, 0.3) is 0 Å². The maximum Gasteiger partial charge on any atom is 0.0547 e. The number of hydrogen-bond acceptors (Lipinski definition) is 1. The Kier molecular flexibility index (Phi) is 7.53. The molecule has 0 aliphatic heterocycles. The monoisotopic (exact) mass is 712 g/mol. The van der Waals surface area contributed by atoms with E-state index in [9.17, 15) is 0 Å². The van der Waals surface area contributed by atoms with Crippen LogP contribution in [0.3, 0.4) is 0 Å². The summed E-state index contributed by atoms with van der Waals surface area (Å²) in [6.45, 7) is 0. The Hall–Kier alpha value is -7.42. The number of aromatic nitrogens is 1. The van der Waals surface area contributed by atoms with E-state index >= 15 is 0 Å². The van der Waals surface area contributed by atoms with E-state index in [1.165, 1.54) is 76.4 Å². The van der Waals surface area contributed by atoms with E-state index in [2.05, 4.69) is 228 Å². The van der Waals surface area contributed by atoms with Crippen molar-refractivity contribution >= 4 is 71.2 Å². The molecular weight excluding hydrogens is 677 g/mol. The quantitative estimate of drug-likeness (QED) is 0.156. The zero-order valence-corrected chi connectivity index (χ0v) is 30.7. The summed E-state index contributed by atoms with van der Waals surface area (Å²) in [6.07, 6.45) is 0. The van der Waals surface area contributed by atoms with Crippen molar-refractivity contribution in [3.05, 3.63) is 218 Å². The third-order valence-electron chi connectivity index (χ3n) is 11.3. The lowest BCUT2D eigenvalue weighted by Crippen LogP contribution is -2.10. The minimum Gasteiger partial charge on any atom is -0.310 e. The van der Waals surface area contributed by atoms with Crippen molar-refractivity contribution in [2.24, 2.45) is 0 Å². The first-order chi connectivity index (χ1) is 27.8. The van der Waals surface area contributed by atoms with Gasteiger partial charge in [-0.3, -0.25) is 0 Å². The lowest BCUT2D eigenvalue weighted by Gasteiger charge is -2.27. The van der Waals surface area contributed by atoms with Gasteiger partial charge < -0.3 is 9.47 Å². The topological polar surface area (TPSA) is 8.17 Å². The first-order valence-corrected chi connectivity index (χ1v) is 19.3. The smallest absolute Gasteiger partial charge is 0.0547 e. The summed E-state index contributed by atoms with van der Waals surface area (Å²) in [5, 5.41) is 9.97. The molecule has 11 aromatic rings. The van der Waals surface area contributed by atoms with E-state index in [-0.39, 0.29) is 0 Å². The second-order valence-electron chi connectivity index (χ2n) is 14.6. The van der Waals surface area contributed by atoms with Gasteiger partial charge in [0.15, 0.2) is 0 Å². The van der Waals surface area contributed by atoms with Crippen LogP contribution in [0.15, 0.2) is 218 Å². The highest BCUT2D eigenvalue weighted by Gasteiger charge is 2.20. The molecule has 0 amide bonds. The van der Waals surface area contributed by atoms with Crippen LogP contribution >= 0.6 is 0 Å². The molecule has 0 fully saturated rings. The summed E-state index contributed by atoms with van der Waals surface area (Å²) in [5.74, 6) is 0. The number of benzene rings is 10. The van der Waals surface area contributed by atoms with Crippen LogP contribution in [0.2, 0.25) is 0 Å². The summed E-state index contributed by atoms with van der Waals surface area (Å²) < 4.78 is 2.42. The molecule has 1 heterocycles. The predicted molar refractivity (Wildman–Crippen MR) is 239 cm³/mol. The highest BCUT2D eigenvalue weighted by molar-refractivity contribution is 6.19. The van der Waals surface area contributed by atoms with Crippen LogP contribution in [0.25, 0.3) is 82.1 Å². The predicted octanol–water partition coefficient (Wildman–Crippen LogP) is 15.0. The highest BCUT2D eigenvalue weighted by atomic mass is 15.1. The number of para-hydroxylation sites is 1. The van der Waals surface area contributed by atoms with Gasteiger partial charge in [0.2, 0.25) is 0 Å². The standard InChI is InChI=1S/C54H36N2/c1-3-14-37(15-4-1)39-19-11-23-45(32-39)55(47-30-31-49-43(34-47)29-28-38-16-9-10-25-48(38)49)46-24-12-20-42(33-46)50-26-13-27-52-54(50)51-35-40-17-7-8-18-41(40)36-53(51)56(52)44-21-5-2-6-22-44/h1-36H. The molecule has 0 saturated heterocycles. The van der Waals surface area contributed by atoms with Crippen LogP contribution in [-0.2, 0) is 0 Å². The molecule has 1 aromatic heterocycles. The van der Waals surface area contributed by atoms with Crippen molar-refractivity contribution in [1.29, 1.82) is 0 Å². The van der Waals surface area contributed by atoms with Crippen molar-refractivity contribution in [2.75, 3.05) is 4.90 Å². The van der Waals surface area contributed by atoms with E-state index in [0.717, 1.165) is 22.7 Å². The van der Waals surface area contributed by atoms with Crippen LogP contribution in [0.5, 0.6) is 0 Å². The molecule has 2 heteroatoms. The summed E-state index contributed by atoms with van der Waals surface area (Å²) in [4.78, 5) is 2.41. The number of anilines is 3. The van der Waals surface area contributed by atoms with E-state index in [4.69, 9.17) is 0 Å². The fraction of sp³-hybridized carbons (Fsp3) is 0. The maximum absolute atomic E-state index is 2.42. The van der Waals surface area contributed by atoms with Gasteiger partial charge in [-0.15, -0.1) is 0 Å². The summed E-state index contributed by atoms with van der Waals surface area (Å²) in [7, 11) is 0. The summed E-state index contributed by atoms with van der Waals surface area (Å²) in [5.41, 5.74) is 11.6. The number of fused-ring (bicyclic) bond motifs is 7. The summed E-state index contributed by atoms with van der Waals surface area (Å²) >= 11 is 0. The number of rotatable bonds is 6. The lowest BCUT2D eigenvalue weighted by atomic mass is 9.97. The van der Waals surface area contributed by atoms with E-state index in [1.807, 2.05) is 0 Å². The minimum atomic E-state index is 1.10. The molecule has 262 valence electrons. The Balaban J connectivity index is 1.13. The molecule has 0 radical (unpaired) electrons. The molecule has 0 aliphatic carbocycles. The van der Waals surface area contributed by atoms with Crippen molar-refractivity contribution in [1.82, 2.24) is 4.57 Å². The average molecular weight is 713 g/mol. The van der Waals surface area contributed by atoms with Gasteiger partial charge >= 0.3 is 0 Å². The van der Waals surface area contributed by atoms with Gasteiger partial charge in [-0.2, -0.15) is 0 Å². The van der Waals surface area contributed by atoms with Crippen LogP contribution in [0, 0.1) is 0 Å². The zero-order chi connectivity index (χ0) is 37.0. The molecule has 11 rings (SSSR count). The van der Waals surface area contributed by atoms with Gasteiger partial charge in [0.1, 0.15) is 0 Å². The zero-order valence-electron chi connectivity index (χ0n) is 30.7. The third kappa shape index (κ3) is 5.34. The Bertz CT molecular complexity index is 3250. The maximum atomic E-state index is 2.42. The van der Waals surface area contributed by atoms with E-state index in [1.54, 1.807) is 0 Å². The van der Waals surface area contributed by atoms with E-state index in [0.29, 0.717) is 0 Å². The van der Waals surface area contributed by atoms with Gasteiger partial charge in [-0.1, -0.05) is 152 Å². The second kappa shape index (κ2) is 13.2. The van der Waals surface area contributed by atoms with Gasteiger partial charge in [0, 0.05) is 33.5 Å². The highest BCUT2D eigenvalue weighted by Crippen LogP contribution is 2.43. The van der Waals surface area contributed by atoms with Crippen LogP contribution in [0.1, 0.15) is 0 Å². The lowest BCUT2D eigenvalue weighted by molar-refractivity contribution is 1.18. The first-order valence-electron chi connectivity index (χ1n) is 19.3. The van der Waals surface area contributed by atoms with E-state index < -0.39 is 0 Å². The minimum absolute atomic E-state index is 1.10. The second-order valence-corrected chi connectivity index (χ2v) is 14.6. The van der Waals surface area contributed by atoms with Crippen molar-refractivity contribution < 1.29 is 0 Å². The SMILES string of the molecule is c1ccc(-c2cccc(N(c3cccc(-c4cccc5c4c4cc6ccccc6cc4n5-c4ccccc4)c3)c3ccc4c(ccc5ccccc54)c3)c2)cc1. The summed E-state index contributed by atoms with van der Waals surface area (Å²) in [6, 6.07) is 79.6. The Morgan fingerprint density at radius 2 is 0.893 bits per heavy atom. The Morgan fingerprint density at radius 1 is 0.304 bits per heavy atom. The van der Waals surface area contributed by atoms with Gasteiger partial charge in [0.05, 0.1) is 11.0 Å². The largest absolute Gasteiger partial charge is 0.310 e. The fourth-order valence-corrected chi connectivity index (χ4v) is 8.70. The number of hydrogen-bond donors (Lipinski definition) is 0. The van der Waals surface area contributed by atoms with Crippen molar-refractivity contribution in [3.8, 4) is 27.9 Å². The molecule has 10 aromatic carbocycles. The molecular formula is C54H36N2. The van der Waals surface area contributed by atoms with Gasteiger partial charge in [-0.25, -0.2) is 0 Å². The Labute approximate surface area is 325 Å².